The van der Waals surface area contributed by atoms with E-state index in [0.717, 1.165) is 11.5 Å². The van der Waals surface area contributed by atoms with Gasteiger partial charge in [0.05, 0.1) is 5.69 Å². The highest BCUT2D eigenvalue weighted by molar-refractivity contribution is 7.07. The quantitative estimate of drug-likeness (QED) is 0.691. The van der Waals surface area contributed by atoms with Crippen molar-refractivity contribution in [2.24, 2.45) is 0 Å². The van der Waals surface area contributed by atoms with E-state index in [4.69, 9.17) is 5.11 Å². The molecule has 54 valence electrons. The SMILES string of the molecule is CCc1nnsc1C(=O)O. The maximum Gasteiger partial charge on any atom is 0.349 e. The summed E-state index contributed by atoms with van der Waals surface area (Å²) in [6, 6.07) is 0. The van der Waals surface area contributed by atoms with Crippen molar-refractivity contribution in [3.05, 3.63) is 10.6 Å². The summed E-state index contributed by atoms with van der Waals surface area (Å²) in [5.74, 6) is -0.938. The maximum absolute atomic E-state index is 10.4. The fourth-order valence-corrected chi connectivity index (χ4v) is 1.19. The molecule has 0 aromatic carbocycles. The Morgan fingerprint density at radius 3 is 2.90 bits per heavy atom. The van der Waals surface area contributed by atoms with Crippen LogP contribution in [0.2, 0.25) is 0 Å². The van der Waals surface area contributed by atoms with Crippen LogP contribution in [0, 0.1) is 0 Å². The Balaban J connectivity index is 3.01. The van der Waals surface area contributed by atoms with Gasteiger partial charge in [-0.15, -0.1) is 5.10 Å². The van der Waals surface area contributed by atoms with Crippen LogP contribution in [0.4, 0.5) is 0 Å². The topological polar surface area (TPSA) is 63.1 Å². The van der Waals surface area contributed by atoms with Gasteiger partial charge < -0.3 is 5.11 Å². The summed E-state index contributed by atoms with van der Waals surface area (Å²) in [7, 11) is 0. The van der Waals surface area contributed by atoms with Crippen molar-refractivity contribution in [2.75, 3.05) is 0 Å². The van der Waals surface area contributed by atoms with Crippen molar-refractivity contribution in [2.45, 2.75) is 13.3 Å². The summed E-state index contributed by atoms with van der Waals surface area (Å²) >= 11 is 0.922. The molecule has 1 aromatic rings. The first-order chi connectivity index (χ1) is 4.75. The molecule has 0 saturated carbocycles. The van der Waals surface area contributed by atoms with Crippen LogP contribution in [0.3, 0.4) is 0 Å². The van der Waals surface area contributed by atoms with Crippen LogP contribution in [0.15, 0.2) is 0 Å². The van der Waals surface area contributed by atoms with Gasteiger partial charge in [0, 0.05) is 0 Å². The lowest BCUT2D eigenvalue weighted by Crippen LogP contribution is -1.97. The second-order valence-corrected chi connectivity index (χ2v) is 2.46. The smallest absolute Gasteiger partial charge is 0.349 e. The molecule has 0 radical (unpaired) electrons. The molecule has 4 nitrogen and oxygen atoms in total. The third-order valence-electron chi connectivity index (χ3n) is 1.08. The number of carboxylic acid groups (broad SMARTS) is 1. The highest BCUT2D eigenvalue weighted by Crippen LogP contribution is 2.09. The van der Waals surface area contributed by atoms with Gasteiger partial charge in [0.25, 0.3) is 0 Å². The van der Waals surface area contributed by atoms with Crippen molar-refractivity contribution >= 4 is 17.5 Å². The summed E-state index contributed by atoms with van der Waals surface area (Å²) in [6.07, 6.45) is 0.623. The first-order valence-electron chi connectivity index (χ1n) is 2.80. The summed E-state index contributed by atoms with van der Waals surface area (Å²) < 4.78 is 3.53. The molecule has 1 rings (SSSR count). The predicted octanol–water partition coefficient (Wildman–Crippen LogP) is 0.799. The van der Waals surface area contributed by atoms with Crippen LogP contribution < -0.4 is 0 Å². The monoisotopic (exact) mass is 158 g/mol. The maximum atomic E-state index is 10.4. The lowest BCUT2D eigenvalue weighted by molar-refractivity contribution is 0.0701. The van der Waals surface area contributed by atoms with E-state index in [2.05, 4.69) is 9.59 Å². The fraction of sp³-hybridized carbons (Fsp3) is 0.400. The second-order valence-electron chi connectivity index (χ2n) is 1.71. The van der Waals surface area contributed by atoms with E-state index in [1.807, 2.05) is 6.92 Å². The third kappa shape index (κ3) is 1.13. The molecule has 1 heterocycles. The Morgan fingerprint density at radius 2 is 2.50 bits per heavy atom. The number of hydrogen-bond acceptors (Lipinski definition) is 4. The van der Waals surface area contributed by atoms with E-state index < -0.39 is 5.97 Å². The van der Waals surface area contributed by atoms with Crippen molar-refractivity contribution in [1.29, 1.82) is 0 Å². The molecule has 0 aliphatic rings. The van der Waals surface area contributed by atoms with Crippen LogP contribution in [0.25, 0.3) is 0 Å². The number of aryl methyl sites for hydroxylation is 1. The number of rotatable bonds is 2. The molecule has 0 fully saturated rings. The van der Waals surface area contributed by atoms with Gasteiger partial charge in [0.1, 0.15) is 0 Å². The minimum atomic E-state index is -0.938. The Morgan fingerprint density at radius 1 is 1.80 bits per heavy atom. The van der Waals surface area contributed by atoms with E-state index in [-0.39, 0.29) is 4.88 Å². The molecule has 0 saturated heterocycles. The molecule has 1 aromatic heterocycles. The predicted molar refractivity (Wildman–Crippen MR) is 36.2 cm³/mol. The Hall–Kier alpha value is -0.970. The fourth-order valence-electron chi connectivity index (χ4n) is 0.602. The summed E-state index contributed by atoms with van der Waals surface area (Å²) in [5, 5.41) is 12.2. The molecule has 5 heteroatoms. The first-order valence-corrected chi connectivity index (χ1v) is 3.57. The van der Waals surface area contributed by atoms with Crippen LogP contribution >= 0.6 is 11.5 Å². The molecule has 0 unspecified atom stereocenters. The van der Waals surface area contributed by atoms with Gasteiger partial charge in [-0.25, -0.2) is 4.79 Å². The lowest BCUT2D eigenvalue weighted by Gasteiger charge is -1.87. The molecule has 0 spiro atoms. The highest BCUT2D eigenvalue weighted by Gasteiger charge is 2.12. The molecule has 1 N–H and O–H groups in total. The Labute approximate surface area is 61.7 Å². The van der Waals surface area contributed by atoms with E-state index >= 15 is 0 Å². The standard InChI is InChI=1S/C5H6N2O2S/c1-2-3-4(5(8)9)10-7-6-3/h2H2,1H3,(H,8,9). The minimum absolute atomic E-state index is 0.252. The number of aromatic nitrogens is 2. The summed E-state index contributed by atoms with van der Waals surface area (Å²) in [6.45, 7) is 1.85. The van der Waals surface area contributed by atoms with Crippen molar-refractivity contribution in [1.82, 2.24) is 9.59 Å². The zero-order valence-corrected chi connectivity index (χ0v) is 6.18. The largest absolute Gasteiger partial charge is 0.477 e. The van der Waals surface area contributed by atoms with Gasteiger partial charge in [-0.1, -0.05) is 11.4 Å². The number of aromatic carboxylic acids is 1. The average molecular weight is 158 g/mol. The van der Waals surface area contributed by atoms with Gasteiger partial charge in [0.2, 0.25) is 0 Å². The molecule has 0 amide bonds. The van der Waals surface area contributed by atoms with Gasteiger partial charge in [-0.3, -0.25) is 0 Å². The van der Waals surface area contributed by atoms with Crippen LogP contribution in [0.1, 0.15) is 22.3 Å². The van der Waals surface area contributed by atoms with Crippen LogP contribution in [-0.4, -0.2) is 20.7 Å². The Bertz CT molecular complexity index is 246. The molecular formula is C5H6N2O2S. The lowest BCUT2D eigenvalue weighted by atomic mass is 10.3. The number of carbonyl (C=O) groups is 1. The molecular weight excluding hydrogens is 152 g/mol. The van der Waals surface area contributed by atoms with Gasteiger partial charge in [-0.2, -0.15) is 0 Å². The van der Waals surface area contributed by atoms with Gasteiger partial charge in [0.15, 0.2) is 4.88 Å². The summed E-state index contributed by atoms with van der Waals surface area (Å²) in [5.41, 5.74) is 0.567. The van der Waals surface area contributed by atoms with E-state index in [1.165, 1.54) is 0 Å². The van der Waals surface area contributed by atoms with Crippen molar-refractivity contribution in [3.63, 3.8) is 0 Å². The zero-order valence-electron chi connectivity index (χ0n) is 5.37. The van der Waals surface area contributed by atoms with Gasteiger partial charge >= 0.3 is 5.97 Å². The average Bonchev–Trinajstić information content (AvgIpc) is 2.33. The van der Waals surface area contributed by atoms with E-state index in [9.17, 15) is 4.79 Å². The number of nitrogens with zero attached hydrogens (tertiary/aromatic N) is 2. The molecule has 0 bridgehead atoms. The molecule has 0 aliphatic carbocycles. The van der Waals surface area contributed by atoms with Crippen LogP contribution in [0.5, 0.6) is 0 Å². The van der Waals surface area contributed by atoms with Gasteiger partial charge in [-0.05, 0) is 18.0 Å². The van der Waals surface area contributed by atoms with E-state index in [1.54, 1.807) is 0 Å². The van der Waals surface area contributed by atoms with Crippen LogP contribution in [-0.2, 0) is 6.42 Å². The first kappa shape index (κ1) is 7.14. The van der Waals surface area contributed by atoms with Crippen molar-refractivity contribution in [3.8, 4) is 0 Å². The number of hydrogen-bond donors (Lipinski definition) is 1. The third-order valence-corrected chi connectivity index (χ3v) is 1.84. The Kier molecular flexibility index (Phi) is 1.96. The molecule has 0 aliphatic heterocycles. The number of carboxylic acids is 1. The summed E-state index contributed by atoms with van der Waals surface area (Å²) in [4.78, 5) is 10.6. The second kappa shape index (κ2) is 2.74. The molecule has 0 atom stereocenters. The van der Waals surface area contributed by atoms with E-state index in [0.29, 0.717) is 12.1 Å². The minimum Gasteiger partial charge on any atom is -0.477 e. The zero-order chi connectivity index (χ0) is 7.56. The highest BCUT2D eigenvalue weighted by atomic mass is 32.1. The van der Waals surface area contributed by atoms with Crippen molar-refractivity contribution < 1.29 is 9.90 Å². The normalized spacial score (nSPS) is 9.70. The molecule has 10 heavy (non-hydrogen) atoms.